The van der Waals surface area contributed by atoms with Gasteiger partial charge in [0.2, 0.25) is 0 Å². The fourth-order valence-corrected chi connectivity index (χ4v) is 1.70. The van der Waals surface area contributed by atoms with Crippen molar-refractivity contribution in [3.8, 4) is 0 Å². The maximum atomic E-state index is 13.2. The monoisotopic (exact) mass is 280 g/mol. The second-order valence-corrected chi connectivity index (χ2v) is 4.24. The lowest BCUT2D eigenvalue weighted by Crippen LogP contribution is -2.29. The van der Waals surface area contributed by atoms with Crippen LogP contribution in [0.15, 0.2) is 18.2 Å². The number of rotatable bonds is 6. The molecule has 0 fully saturated rings. The molecule has 0 heterocycles. The Bertz CT molecular complexity index is 389. The van der Waals surface area contributed by atoms with Gasteiger partial charge in [0.15, 0.2) is 0 Å². The molecule has 108 valence electrons. The smallest absolute Gasteiger partial charge is 0.372 e. The summed E-state index contributed by atoms with van der Waals surface area (Å²) in [4.78, 5) is 0. The molecule has 1 rings (SSSR count). The van der Waals surface area contributed by atoms with Crippen LogP contribution in [0.1, 0.15) is 23.6 Å². The third kappa shape index (κ3) is 6.00. The summed E-state index contributed by atoms with van der Waals surface area (Å²) in [6.45, 7) is 0.302. The van der Waals surface area contributed by atoms with Crippen molar-refractivity contribution in [2.24, 2.45) is 5.84 Å². The Morgan fingerprint density at radius 1 is 1.32 bits per heavy atom. The number of nitrogens with one attached hydrogen (secondary N) is 1. The van der Waals surface area contributed by atoms with E-state index in [2.05, 4.69) is 10.2 Å². The van der Waals surface area contributed by atoms with Crippen molar-refractivity contribution in [2.75, 3.05) is 13.2 Å². The van der Waals surface area contributed by atoms with Gasteiger partial charge in [-0.15, -0.1) is 0 Å². The minimum Gasteiger partial charge on any atom is -0.372 e. The van der Waals surface area contributed by atoms with E-state index in [-0.39, 0.29) is 13.0 Å². The highest BCUT2D eigenvalue weighted by molar-refractivity contribution is 5.26. The largest absolute Gasteiger partial charge is 0.411 e. The molecule has 0 saturated carbocycles. The van der Waals surface area contributed by atoms with Gasteiger partial charge in [0.05, 0.1) is 0 Å². The third-order valence-corrected chi connectivity index (χ3v) is 2.48. The van der Waals surface area contributed by atoms with Crippen molar-refractivity contribution in [3.05, 3.63) is 35.1 Å². The average Bonchev–Trinajstić information content (AvgIpc) is 2.26. The van der Waals surface area contributed by atoms with Crippen LogP contribution in [0, 0.1) is 12.7 Å². The van der Waals surface area contributed by atoms with E-state index in [9.17, 15) is 17.6 Å². The molecule has 1 atom stereocenters. The van der Waals surface area contributed by atoms with Crippen LogP contribution in [-0.4, -0.2) is 19.4 Å². The van der Waals surface area contributed by atoms with Crippen molar-refractivity contribution in [1.82, 2.24) is 5.43 Å². The van der Waals surface area contributed by atoms with Gasteiger partial charge in [0.1, 0.15) is 12.4 Å². The Morgan fingerprint density at radius 2 is 2.00 bits per heavy atom. The second kappa shape index (κ2) is 6.83. The molecular weight excluding hydrogens is 264 g/mol. The molecule has 19 heavy (non-hydrogen) atoms. The summed E-state index contributed by atoms with van der Waals surface area (Å²) in [5.41, 5.74) is 3.74. The minimum absolute atomic E-state index is 0.121. The molecule has 0 radical (unpaired) electrons. The van der Waals surface area contributed by atoms with Gasteiger partial charge in [0, 0.05) is 12.6 Å². The maximum absolute atomic E-state index is 13.2. The highest BCUT2D eigenvalue weighted by Crippen LogP contribution is 2.20. The lowest BCUT2D eigenvalue weighted by molar-refractivity contribution is -0.174. The maximum Gasteiger partial charge on any atom is 0.411 e. The van der Waals surface area contributed by atoms with Gasteiger partial charge < -0.3 is 4.74 Å². The van der Waals surface area contributed by atoms with Gasteiger partial charge in [-0.3, -0.25) is 11.3 Å². The van der Waals surface area contributed by atoms with E-state index in [1.54, 1.807) is 13.0 Å². The topological polar surface area (TPSA) is 47.3 Å². The molecule has 0 amide bonds. The number of ether oxygens (including phenoxy) is 1. The van der Waals surface area contributed by atoms with E-state index in [1.165, 1.54) is 12.1 Å². The standard InChI is InChI=1S/C12H16F4N2O/c1-8-4-9(6-10(13)5-8)11(18-17)2-3-19-7-12(14,15)16/h4-6,11,18H,2-3,7,17H2,1H3. The number of alkyl halides is 3. The SMILES string of the molecule is Cc1cc(F)cc(C(CCOCC(F)(F)F)NN)c1. The fraction of sp³-hybridized carbons (Fsp3) is 0.500. The first-order valence-electron chi connectivity index (χ1n) is 5.69. The first kappa shape index (κ1) is 15.9. The summed E-state index contributed by atoms with van der Waals surface area (Å²) in [5.74, 6) is 4.91. The van der Waals surface area contributed by atoms with Crippen LogP contribution in [0.2, 0.25) is 0 Å². The molecule has 0 saturated heterocycles. The van der Waals surface area contributed by atoms with Crippen LogP contribution < -0.4 is 11.3 Å². The average molecular weight is 280 g/mol. The molecule has 3 N–H and O–H groups in total. The number of hydrazine groups is 1. The van der Waals surface area contributed by atoms with Crippen molar-refractivity contribution in [3.63, 3.8) is 0 Å². The van der Waals surface area contributed by atoms with E-state index in [0.29, 0.717) is 11.1 Å². The van der Waals surface area contributed by atoms with Crippen LogP contribution >= 0.6 is 0 Å². The van der Waals surface area contributed by atoms with Crippen molar-refractivity contribution in [1.29, 1.82) is 0 Å². The third-order valence-electron chi connectivity index (χ3n) is 2.48. The Hall–Kier alpha value is -1.18. The molecule has 0 aliphatic carbocycles. The lowest BCUT2D eigenvalue weighted by atomic mass is 10.0. The van der Waals surface area contributed by atoms with E-state index < -0.39 is 24.6 Å². The van der Waals surface area contributed by atoms with Crippen molar-refractivity contribution < 1.29 is 22.3 Å². The summed E-state index contributed by atoms with van der Waals surface area (Å²) in [7, 11) is 0. The second-order valence-electron chi connectivity index (χ2n) is 4.24. The molecule has 0 aliphatic rings. The predicted octanol–water partition coefficient (Wildman–Crippen LogP) is 2.61. The number of hydrogen-bond donors (Lipinski definition) is 2. The van der Waals surface area contributed by atoms with Crippen LogP contribution in [0.25, 0.3) is 0 Å². The van der Waals surface area contributed by atoms with Gasteiger partial charge in [-0.2, -0.15) is 13.2 Å². The van der Waals surface area contributed by atoms with E-state index >= 15 is 0 Å². The molecule has 0 aromatic heterocycles. The summed E-state index contributed by atoms with van der Waals surface area (Å²) in [5, 5.41) is 0. The number of nitrogens with two attached hydrogens (primary N) is 1. The first-order chi connectivity index (χ1) is 8.81. The highest BCUT2D eigenvalue weighted by atomic mass is 19.4. The van der Waals surface area contributed by atoms with E-state index in [0.717, 1.165) is 0 Å². The van der Waals surface area contributed by atoms with E-state index in [4.69, 9.17) is 5.84 Å². The molecule has 1 unspecified atom stereocenters. The first-order valence-corrected chi connectivity index (χ1v) is 5.69. The highest BCUT2D eigenvalue weighted by Gasteiger charge is 2.27. The van der Waals surface area contributed by atoms with Crippen LogP contribution in [0.5, 0.6) is 0 Å². The summed E-state index contributed by atoms with van der Waals surface area (Å²) < 4.78 is 53.3. The van der Waals surface area contributed by atoms with Gasteiger partial charge in [-0.25, -0.2) is 4.39 Å². The number of halogens is 4. The molecule has 3 nitrogen and oxygen atoms in total. The molecular formula is C12H16F4N2O. The normalized spacial score (nSPS) is 13.6. The summed E-state index contributed by atoms with van der Waals surface area (Å²) >= 11 is 0. The van der Waals surface area contributed by atoms with Crippen molar-refractivity contribution in [2.45, 2.75) is 25.6 Å². The van der Waals surface area contributed by atoms with E-state index in [1.807, 2.05) is 0 Å². The molecule has 0 aliphatic heterocycles. The molecule has 1 aromatic rings. The zero-order valence-electron chi connectivity index (χ0n) is 10.4. The van der Waals surface area contributed by atoms with Gasteiger partial charge in [-0.1, -0.05) is 6.07 Å². The number of aryl methyl sites for hydroxylation is 1. The zero-order chi connectivity index (χ0) is 14.5. The van der Waals surface area contributed by atoms with Crippen LogP contribution in [0.3, 0.4) is 0 Å². The summed E-state index contributed by atoms with van der Waals surface area (Å²) in [6.07, 6.45) is -4.13. The molecule has 0 spiro atoms. The lowest BCUT2D eigenvalue weighted by Gasteiger charge is -2.17. The molecule has 0 bridgehead atoms. The minimum atomic E-state index is -4.35. The Kier molecular flexibility index (Phi) is 5.71. The Balaban J connectivity index is 2.53. The summed E-state index contributed by atoms with van der Waals surface area (Å²) in [6, 6.07) is 3.92. The van der Waals surface area contributed by atoms with Crippen LogP contribution in [0.4, 0.5) is 17.6 Å². The molecule has 7 heteroatoms. The van der Waals surface area contributed by atoms with Crippen molar-refractivity contribution >= 4 is 0 Å². The fourth-order valence-electron chi connectivity index (χ4n) is 1.70. The van der Waals surface area contributed by atoms with Gasteiger partial charge in [-0.05, 0) is 36.6 Å². The predicted molar refractivity (Wildman–Crippen MR) is 62.7 cm³/mol. The number of hydrogen-bond acceptors (Lipinski definition) is 3. The Morgan fingerprint density at radius 3 is 2.53 bits per heavy atom. The Labute approximate surface area is 108 Å². The van der Waals surface area contributed by atoms with Gasteiger partial charge in [0.25, 0.3) is 0 Å². The number of benzene rings is 1. The quantitative estimate of drug-likeness (QED) is 0.364. The zero-order valence-corrected chi connectivity index (χ0v) is 10.4. The van der Waals surface area contributed by atoms with Crippen LogP contribution in [-0.2, 0) is 4.74 Å². The molecule has 1 aromatic carbocycles. The van der Waals surface area contributed by atoms with Gasteiger partial charge >= 0.3 is 6.18 Å².